The Morgan fingerprint density at radius 3 is 2.63 bits per heavy atom. The van der Waals surface area contributed by atoms with Crippen molar-refractivity contribution in [2.75, 3.05) is 12.9 Å². The lowest BCUT2D eigenvalue weighted by atomic mass is 9.72. The number of benzene rings is 1. The molecule has 0 radical (unpaired) electrons. The molecule has 8 heteroatoms. The molecule has 146 valence electrons. The van der Waals surface area contributed by atoms with E-state index in [2.05, 4.69) is 4.98 Å². The molecule has 4 nitrogen and oxygen atoms in total. The monoisotopic (exact) mass is 398 g/mol. The van der Waals surface area contributed by atoms with Crippen molar-refractivity contribution in [3.05, 3.63) is 39.7 Å². The van der Waals surface area contributed by atoms with Crippen LogP contribution in [0, 0.1) is 0 Å². The molecule has 1 aromatic heterocycles. The zero-order valence-corrected chi connectivity index (χ0v) is 16.4. The maximum atomic E-state index is 13.1. The average Bonchev–Trinajstić information content (AvgIpc) is 2.56. The second kappa shape index (κ2) is 6.89. The van der Waals surface area contributed by atoms with Gasteiger partial charge in [0.2, 0.25) is 0 Å². The number of fused-ring (bicyclic) bond motifs is 3. The topological polar surface area (TPSA) is 44.1 Å². The molecule has 0 spiro atoms. The lowest BCUT2D eigenvalue weighted by molar-refractivity contribution is -0.142. The summed E-state index contributed by atoms with van der Waals surface area (Å²) in [6.07, 6.45) is -3.95. The van der Waals surface area contributed by atoms with Gasteiger partial charge < -0.3 is 4.74 Å². The lowest BCUT2D eigenvalue weighted by Gasteiger charge is -2.33. The maximum Gasteiger partial charge on any atom is 0.406 e. The molecule has 0 bridgehead atoms. The molecular weight excluding hydrogens is 377 g/mol. The average molecular weight is 398 g/mol. The molecular formula is C19H21F3N2O2S. The van der Waals surface area contributed by atoms with E-state index in [1.165, 1.54) is 0 Å². The van der Waals surface area contributed by atoms with Crippen molar-refractivity contribution in [1.82, 2.24) is 9.55 Å². The largest absolute Gasteiger partial charge is 0.497 e. The minimum Gasteiger partial charge on any atom is -0.497 e. The molecule has 0 unspecified atom stereocenters. The van der Waals surface area contributed by atoms with E-state index in [0.717, 1.165) is 27.5 Å². The second-order valence-corrected chi connectivity index (χ2v) is 8.37. The Kier molecular flexibility index (Phi) is 5.05. The number of rotatable bonds is 4. The van der Waals surface area contributed by atoms with E-state index < -0.39 is 23.7 Å². The SMILES string of the molecule is CCSc1nc2c(c(=O)n1CC(F)(F)F)C(C)(C)Cc1ccc(OC)cc1-2. The number of hydrogen-bond acceptors (Lipinski definition) is 4. The summed E-state index contributed by atoms with van der Waals surface area (Å²) in [5.74, 6) is 1.13. The number of methoxy groups -OCH3 is 1. The zero-order valence-electron chi connectivity index (χ0n) is 15.6. The number of alkyl halides is 3. The molecule has 1 aliphatic carbocycles. The lowest BCUT2D eigenvalue weighted by Crippen LogP contribution is -2.40. The molecule has 0 fully saturated rings. The fourth-order valence-corrected chi connectivity index (χ4v) is 4.24. The van der Waals surface area contributed by atoms with Crippen LogP contribution in [0.2, 0.25) is 0 Å². The van der Waals surface area contributed by atoms with Crippen LogP contribution in [0.3, 0.4) is 0 Å². The summed E-state index contributed by atoms with van der Waals surface area (Å²) in [7, 11) is 1.54. The molecule has 27 heavy (non-hydrogen) atoms. The standard InChI is InChI=1S/C19H21F3N2O2S/c1-5-27-17-23-15-13-8-12(26-4)7-6-11(13)9-18(2,3)14(15)16(25)24(17)10-19(20,21)22/h6-8H,5,9-10H2,1-4H3. The van der Waals surface area contributed by atoms with Crippen molar-refractivity contribution in [3.63, 3.8) is 0 Å². The maximum absolute atomic E-state index is 13.1. The van der Waals surface area contributed by atoms with Crippen molar-refractivity contribution in [2.45, 2.75) is 50.5 Å². The Bertz CT molecular complexity index is 936. The highest BCUT2D eigenvalue weighted by Crippen LogP contribution is 2.42. The third-order valence-corrected chi connectivity index (χ3v) is 5.48. The van der Waals surface area contributed by atoms with E-state index in [1.54, 1.807) is 13.2 Å². The molecule has 1 aliphatic rings. The fourth-order valence-electron chi connectivity index (χ4n) is 3.52. The fraction of sp³-hybridized carbons (Fsp3) is 0.474. The van der Waals surface area contributed by atoms with Gasteiger partial charge in [-0.2, -0.15) is 13.2 Å². The van der Waals surface area contributed by atoms with E-state index in [1.807, 2.05) is 32.9 Å². The quantitative estimate of drug-likeness (QED) is 0.565. The van der Waals surface area contributed by atoms with Crippen molar-refractivity contribution < 1.29 is 17.9 Å². The minimum atomic E-state index is -4.50. The van der Waals surface area contributed by atoms with Gasteiger partial charge in [0.1, 0.15) is 12.3 Å². The van der Waals surface area contributed by atoms with E-state index >= 15 is 0 Å². The number of hydrogen-bond donors (Lipinski definition) is 0. The van der Waals surface area contributed by atoms with Gasteiger partial charge in [0.15, 0.2) is 5.16 Å². The van der Waals surface area contributed by atoms with Gasteiger partial charge in [-0.15, -0.1) is 0 Å². The van der Waals surface area contributed by atoms with Gasteiger partial charge in [-0.05, 0) is 29.9 Å². The number of aromatic nitrogens is 2. The van der Waals surface area contributed by atoms with Gasteiger partial charge in [0.05, 0.1) is 12.8 Å². The number of ether oxygens (including phenoxy) is 1. The van der Waals surface area contributed by atoms with Gasteiger partial charge in [-0.3, -0.25) is 9.36 Å². The summed E-state index contributed by atoms with van der Waals surface area (Å²) >= 11 is 1.13. The van der Waals surface area contributed by atoms with E-state index in [-0.39, 0.29) is 5.16 Å². The first-order chi connectivity index (χ1) is 12.6. The molecule has 3 rings (SSSR count). The van der Waals surface area contributed by atoms with Gasteiger partial charge >= 0.3 is 6.18 Å². The molecule has 1 aromatic carbocycles. The van der Waals surface area contributed by atoms with Crippen LogP contribution in [0.4, 0.5) is 13.2 Å². The molecule has 0 saturated heterocycles. The van der Waals surface area contributed by atoms with Crippen molar-refractivity contribution in [3.8, 4) is 17.0 Å². The highest BCUT2D eigenvalue weighted by Gasteiger charge is 2.38. The van der Waals surface area contributed by atoms with Crippen LogP contribution in [-0.2, 0) is 18.4 Å². The van der Waals surface area contributed by atoms with Gasteiger partial charge in [-0.25, -0.2) is 4.98 Å². The summed E-state index contributed by atoms with van der Waals surface area (Å²) in [4.78, 5) is 17.7. The highest BCUT2D eigenvalue weighted by molar-refractivity contribution is 7.99. The van der Waals surface area contributed by atoms with Gasteiger partial charge in [0.25, 0.3) is 5.56 Å². The first kappa shape index (κ1) is 19.8. The first-order valence-corrected chi connectivity index (χ1v) is 9.58. The molecule has 0 N–H and O–H groups in total. The summed E-state index contributed by atoms with van der Waals surface area (Å²) in [6.45, 7) is 4.21. The molecule has 0 saturated carbocycles. The molecule has 2 aromatic rings. The summed E-state index contributed by atoms with van der Waals surface area (Å²) in [6, 6.07) is 5.56. The van der Waals surface area contributed by atoms with E-state index in [0.29, 0.717) is 29.2 Å². The predicted molar refractivity (Wildman–Crippen MR) is 99.7 cm³/mol. The molecule has 0 aliphatic heterocycles. The van der Waals surface area contributed by atoms with Gasteiger partial charge in [-0.1, -0.05) is 38.6 Å². The predicted octanol–water partition coefficient (Wildman–Crippen LogP) is 4.43. The third-order valence-electron chi connectivity index (χ3n) is 4.63. The Morgan fingerprint density at radius 1 is 1.33 bits per heavy atom. The number of halogens is 3. The number of thioether (sulfide) groups is 1. The van der Waals surface area contributed by atoms with Crippen LogP contribution in [0.15, 0.2) is 28.2 Å². The summed E-state index contributed by atoms with van der Waals surface area (Å²) in [5, 5.41) is 0.0880. The van der Waals surface area contributed by atoms with E-state index in [9.17, 15) is 18.0 Å². The van der Waals surface area contributed by atoms with Crippen molar-refractivity contribution in [2.24, 2.45) is 0 Å². The Hall–Kier alpha value is -1.96. The second-order valence-electron chi connectivity index (χ2n) is 7.14. The molecule has 0 amide bonds. The zero-order chi connectivity index (χ0) is 20.0. The van der Waals surface area contributed by atoms with Gasteiger partial charge in [0, 0.05) is 16.5 Å². The van der Waals surface area contributed by atoms with Crippen LogP contribution in [-0.4, -0.2) is 28.6 Å². The third kappa shape index (κ3) is 3.72. The summed E-state index contributed by atoms with van der Waals surface area (Å²) < 4.78 is 45.3. The molecule has 0 atom stereocenters. The van der Waals surface area contributed by atoms with Crippen LogP contribution < -0.4 is 10.3 Å². The highest BCUT2D eigenvalue weighted by atomic mass is 32.2. The Labute approximate surface area is 159 Å². The molecule has 1 heterocycles. The van der Waals surface area contributed by atoms with Crippen molar-refractivity contribution in [1.29, 1.82) is 0 Å². The van der Waals surface area contributed by atoms with Crippen LogP contribution in [0.25, 0.3) is 11.3 Å². The van der Waals surface area contributed by atoms with Crippen LogP contribution in [0.5, 0.6) is 5.75 Å². The summed E-state index contributed by atoms with van der Waals surface area (Å²) in [5.41, 5.74) is 1.29. The first-order valence-electron chi connectivity index (χ1n) is 8.59. The minimum absolute atomic E-state index is 0.0880. The van der Waals surface area contributed by atoms with Crippen molar-refractivity contribution >= 4 is 11.8 Å². The number of nitrogens with zero attached hydrogens (tertiary/aromatic N) is 2. The normalized spacial score (nSPS) is 15.2. The van der Waals surface area contributed by atoms with E-state index in [4.69, 9.17) is 4.74 Å². The smallest absolute Gasteiger partial charge is 0.406 e. The van der Waals surface area contributed by atoms with Crippen LogP contribution in [0.1, 0.15) is 31.9 Å². The Morgan fingerprint density at radius 2 is 2.04 bits per heavy atom. The Balaban J connectivity index is 2.33. The van der Waals surface area contributed by atoms with Crippen LogP contribution >= 0.6 is 11.8 Å².